The molecule has 1 aromatic rings. The third-order valence-electron chi connectivity index (χ3n) is 4.41. The summed E-state index contributed by atoms with van der Waals surface area (Å²) in [6, 6.07) is 8.93. The van der Waals surface area contributed by atoms with Crippen molar-refractivity contribution in [3.8, 4) is 0 Å². The first kappa shape index (κ1) is 17.3. The first-order valence-electron chi connectivity index (χ1n) is 7.94. The van der Waals surface area contributed by atoms with Crippen molar-refractivity contribution < 1.29 is 22.7 Å². The summed E-state index contributed by atoms with van der Waals surface area (Å²) in [5.74, 6) is -0.0936. The molecule has 4 atom stereocenters. The number of ether oxygens (including phenoxy) is 2. The third kappa shape index (κ3) is 4.13. The second kappa shape index (κ2) is 7.18. The van der Waals surface area contributed by atoms with Gasteiger partial charge < -0.3 is 14.8 Å². The number of sulfonamides is 1. The number of fused-ring (bicyclic) bond motifs is 1. The van der Waals surface area contributed by atoms with Gasteiger partial charge in [-0.3, -0.25) is 4.79 Å². The Kier molecular flexibility index (Phi) is 5.19. The SMILES string of the molecule is CS(=O)(=O)N[C@@H]1[C@@H](NC(=O)COCc2ccccc2)[C@H]2CCO[C@H]21. The molecule has 1 aromatic carbocycles. The molecule has 0 spiro atoms. The summed E-state index contributed by atoms with van der Waals surface area (Å²) in [4.78, 5) is 12.1. The molecule has 0 bridgehead atoms. The van der Waals surface area contributed by atoms with Crippen LogP contribution in [-0.2, 0) is 30.9 Å². The minimum atomic E-state index is -3.36. The maximum atomic E-state index is 12.1. The summed E-state index contributed by atoms with van der Waals surface area (Å²) < 4.78 is 36.5. The molecule has 1 aliphatic heterocycles. The van der Waals surface area contributed by atoms with E-state index < -0.39 is 16.1 Å². The molecule has 3 rings (SSSR count). The first-order chi connectivity index (χ1) is 11.4. The molecule has 8 heteroatoms. The van der Waals surface area contributed by atoms with Crippen molar-refractivity contribution >= 4 is 15.9 Å². The molecule has 7 nitrogen and oxygen atoms in total. The molecule has 0 aromatic heterocycles. The summed E-state index contributed by atoms with van der Waals surface area (Å²) >= 11 is 0. The minimum Gasteiger partial charge on any atom is -0.376 e. The van der Waals surface area contributed by atoms with Crippen LogP contribution in [0.25, 0.3) is 0 Å². The number of amides is 1. The third-order valence-corrected chi connectivity index (χ3v) is 5.11. The average Bonchev–Trinajstić information content (AvgIpc) is 2.96. The lowest BCUT2D eigenvalue weighted by Gasteiger charge is -2.47. The molecular weight excluding hydrogens is 332 g/mol. The fourth-order valence-electron chi connectivity index (χ4n) is 3.35. The number of benzene rings is 1. The summed E-state index contributed by atoms with van der Waals surface area (Å²) in [6.07, 6.45) is 1.77. The Hall–Kier alpha value is -1.48. The van der Waals surface area contributed by atoms with Crippen molar-refractivity contribution in [3.05, 3.63) is 35.9 Å². The van der Waals surface area contributed by atoms with E-state index in [0.29, 0.717) is 13.2 Å². The zero-order valence-electron chi connectivity index (χ0n) is 13.5. The van der Waals surface area contributed by atoms with Crippen LogP contribution in [-0.4, -0.2) is 52.0 Å². The van der Waals surface area contributed by atoms with Crippen LogP contribution in [0.5, 0.6) is 0 Å². The number of hydrogen-bond donors (Lipinski definition) is 2. The fourth-order valence-corrected chi connectivity index (χ4v) is 4.13. The Bertz CT molecular complexity index is 679. The molecule has 132 valence electrons. The monoisotopic (exact) mass is 354 g/mol. The molecule has 1 amide bonds. The summed E-state index contributed by atoms with van der Waals surface area (Å²) in [7, 11) is -3.36. The maximum Gasteiger partial charge on any atom is 0.246 e. The van der Waals surface area contributed by atoms with Gasteiger partial charge in [-0.25, -0.2) is 13.1 Å². The average molecular weight is 354 g/mol. The van der Waals surface area contributed by atoms with Gasteiger partial charge in [0.1, 0.15) is 6.61 Å². The van der Waals surface area contributed by atoms with Crippen LogP contribution < -0.4 is 10.0 Å². The molecular formula is C16H22N2O5S. The molecule has 1 heterocycles. The number of rotatable bonds is 7. The van der Waals surface area contributed by atoms with Gasteiger partial charge in [-0.05, 0) is 12.0 Å². The summed E-state index contributed by atoms with van der Waals surface area (Å²) in [5.41, 5.74) is 0.995. The topological polar surface area (TPSA) is 93.7 Å². The molecule has 1 saturated carbocycles. The summed E-state index contributed by atoms with van der Waals surface area (Å²) in [6.45, 7) is 0.891. The number of nitrogens with one attached hydrogen (secondary N) is 2. The second-order valence-corrected chi connectivity index (χ2v) is 8.06. The predicted octanol–water partition coefficient (Wildman–Crippen LogP) is 0.0245. The molecule has 2 N–H and O–H groups in total. The van der Waals surface area contributed by atoms with E-state index in [2.05, 4.69) is 10.0 Å². The van der Waals surface area contributed by atoms with Crippen LogP contribution >= 0.6 is 0 Å². The van der Waals surface area contributed by atoms with Crippen LogP contribution in [0.4, 0.5) is 0 Å². The van der Waals surface area contributed by atoms with Gasteiger partial charge in [0.05, 0.1) is 31.1 Å². The first-order valence-corrected chi connectivity index (χ1v) is 9.83. The standard InChI is InChI=1S/C16H22N2O5S/c1-24(20,21)18-15-14(12-7-8-23-16(12)15)17-13(19)10-22-9-11-5-3-2-4-6-11/h2-6,12,14-16,18H,7-10H2,1H3,(H,17,19)/t12-,14+,15-,16-/m1/s1. The van der Waals surface area contributed by atoms with E-state index in [9.17, 15) is 13.2 Å². The van der Waals surface area contributed by atoms with Crippen LogP contribution in [0.15, 0.2) is 30.3 Å². The molecule has 1 saturated heterocycles. The number of hydrogen-bond acceptors (Lipinski definition) is 5. The fraction of sp³-hybridized carbons (Fsp3) is 0.562. The predicted molar refractivity (Wildman–Crippen MR) is 87.6 cm³/mol. The Balaban J connectivity index is 1.49. The zero-order valence-corrected chi connectivity index (χ0v) is 14.3. The van der Waals surface area contributed by atoms with Crippen LogP contribution in [0.2, 0.25) is 0 Å². The van der Waals surface area contributed by atoms with Crippen molar-refractivity contribution in [3.63, 3.8) is 0 Å². The quantitative estimate of drug-likeness (QED) is 0.720. The lowest BCUT2D eigenvalue weighted by molar-refractivity contribution is -0.130. The van der Waals surface area contributed by atoms with Crippen molar-refractivity contribution in [2.75, 3.05) is 19.5 Å². The van der Waals surface area contributed by atoms with E-state index in [1.165, 1.54) is 0 Å². The van der Waals surface area contributed by atoms with E-state index in [0.717, 1.165) is 18.2 Å². The van der Waals surface area contributed by atoms with E-state index in [1.54, 1.807) is 0 Å². The van der Waals surface area contributed by atoms with Crippen molar-refractivity contribution in [2.45, 2.75) is 31.2 Å². The maximum absolute atomic E-state index is 12.1. The largest absolute Gasteiger partial charge is 0.376 e. The van der Waals surface area contributed by atoms with Gasteiger partial charge in [0, 0.05) is 12.5 Å². The Labute approximate surface area is 141 Å². The van der Waals surface area contributed by atoms with E-state index >= 15 is 0 Å². The van der Waals surface area contributed by atoms with E-state index in [1.807, 2.05) is 30.3 Å². The van der Waals surface area contributed by atoms with Gasteiger partial charge in [-0.15, -0.1) is 0 Å². The highest BCUT2D eigenvalue weighted by Gasteiger charge is 2.55. The number of carbonyl (C=O) groups is 1. The molecule has 2 aliphatic rings. The molecule has 1 aliphatic carbocycles. The second-order valence-electron chi connectivity index (χ2n) is 6.28. The van der Waals surface area contributed by atoms with Gasteiger partial charge >= 0.3 is 0 Å². The van der Waals surface area contributed by atoms with Gasteiger partial charge in [0.15, 0.2) is 0 Å². The lowest BCUT2D eigenvalue weighted by Crippen LogP contribution is -2.71. The highest BCUT2D eigenvalue weighted by Crippen LogP contribution is 2.39. The Morgan fingerprint density at radius 3 is 2.75 bits per heavy atom. The van der Waals surface area contributed by atoms with Gasteiger partial charge in [0.2, 0.25) is 15.9 Å². The molecule has 24 heavy (non-hydrogen) atoms. The smallest absolute Gasteiger partial charge is 0.246 e. The van der Waals surface area contributed by atoms with Crippen molar-refractivity contribution in [1.82, 2.24) is 10.0 Å². The van der Waals surface area contributed by atoms with Crippen LogP contribution in [0.1, 0.15) is 12.0 Å². The highest BCUT2D eigenvalue weighted by atomic mass is 32.2. The summed E-state index contributed by atoms with van der Waals surface area (Å²) in [5, 5.41) is 2.88. The molecule has 0 radical (unpaired) electrons. The van der Waals surface area contributed by atoms with Crippen LogP contribution in [0, 0.1) is 5.92 Å². The zero-order chi connectivity index (χ0) is 17.2. The highest BCUT2D eigenvalue weighted by molar-refractivity contribution is 7.88. The van der Waals surface area contributed by atoms with E-state index in [4.69, 9.17) is 9.47 Å². The Morgan fingerprint density at radius 2 is 2.04 bits per heavy atom. The number of carbonyl (C=O) groups excluding carboxylic acids is 1. The molecule has 2 fully saturated rings. The van der Waals surface area contributed by atoms with Gasteiger partial charge in [-0.2, -0.15) is 0 Å². The van der Waals surface area contributed by atoms with Crippen molar-refractivity contribution in [1.29, 1.82) is 0 Å². The van der Waals surface area contributed by atoms with E-state index in [-0.39, 0.29) is 30.6 Å². The lowest BCUT2D eigenvalue weighted by atomic mass is 9.72. The molecule has 0 unspecified atom stereocenters. The van der Waals surface area contributed by atoms with Gasteiger partial charge in [-0.1, -0.05) is 30.3 Å². The van der Waals surface area contributed by atoms with Crippen LogP contribution in [0.3, 0.4) is 0 Å². The van der Waals surface area contributed by atoms with Crippen molar-refractivity contribution in [2.24, 2.45) is 5.92 Å². The Morgan fingerprint density at radius 1 is 1.29 bits per heavy atom. The van der Waals surface area contributed by atoms with Gasteiger partial charge in [0.25, 0.3) is 0 Å². The normalized spacial score (nSPS) is 28.9. The minimum absolute atomic E-state index is 0.0603.